The van der Waals surface area contributed by atoms with Gasteiger partial charge in [-0.1, -0.05) is 17.7 Å². The fraction of sp³-hybridized carbons (Fsp3) is 0.500. The molecule has 5 heteroatoms. The maximum Gasteiger partial charge on any atom is 0.319 e. The quantitative estimate of drug-likeness (QED) is 0.748. The molecule has 116 valence electrons. The number of esters is 2. The molecule has 0 heterocycles. The van der Waals surface area contributed by atoms with E-state index in [1.807, 2.05) is 20.8 Å². The number of hydrogen-bond donors (Lipinski definition) is 0. The molecule has 0 saturated heterocycles. The number of methoxy groups -OCH3 is 2. The van der Waals surface area contributed by atoms with Crippen LogP contribution in [0.2, 0.25) is 0 Å². The lowest BCUT2D eigenvalue weighted by atomic mass is 9.99. The van der Waals surface area contributed by atoms with E-state index in [1.165, 1.54) is 19.8 Å². The van der Waals surface area contributed by atoms with Crippen molar-refractivity contribution in [3.63, 3.8) is 0 Å². The summed E-state index contributed by atoms with van der Waals surface area (Å²) in [6, 6.07) is 4.19. The first-order valence-electron chi connectivity index (χ1n) is 6.80. The minimum Gasteiger partial charge on any atom is -0.468 e. The third kappa shape index (κ3) is 5.19. The van der Waals surface area contributed by atoms with Crippen LogP contribution in [0.1, 0.15) is 22.3 Å². The van der Waals surface area contributed by atoms with Crippen molar-refractivity contribution in [1.82, 2.24) is 4.90 Å². The normalized spacial score (nSPS) is 10.6. The Bertz CT molecular complexity index is 484. The second-order valence-corrected chi connectivity index (χ2v) is 5.17. The zero-order valence-electron chi connectivity index (χ0n) is 13.4. The van der Waals surface area contributed by atoms with E-state index in [-0.39, 0.29) is 25.0 Å². The van der Waals surface area contributed by atoms with Gasteiger partial charge in [-0.15, -0.1) is 0 Å². The van der Waals surface area contributed by atoms with Gasteiger partial charge < -0.3 is 9.47 Å². The highest BCUT2D eigenvalue weighted by Crippen LogP contribution is 2.18. The van der Waals surface area contributed by atoms with Gasteiger partial charge in [0.05, 0.1) is 27.3 Å². The van der Waals surface area contributed by atoms with E-state index in [1.54, 1.807) is 4.90 Å². The lowest BCUT2D eigenvalue weighted by Crippen LogP contribution is -2.35. The molecule has 5 nitrogen and oxygen atoms in total. The molecule has 0 radical (unpaired) electrons. The van der Waals surface area contributed by atoms with E-state index in [4.69, 9.17) is 0 Å². The molecule has 0 bridgehead atoms. The largest absolute Gasteiger partial charge is 0.468 e. The van der Waals surface area contributed by atoms with E-state index >= 15 is 0 Å². The molecule has 1 rings (SSSR count). The second-order valence-electron chi connectivity index (χ2n) is 5.17. The average molecular weight is 293 g/mol. The predicted octanol–water partition coefficient (Wildman–Crippen LogP) is 1.76. The zero-order valence-corrected chi connectivity index (χ0v) is 13.4. The smallest absolute Gasteiger partial charge is 0.319 e. The summed E-state index contributed by atoms with van der Waals surface area (Å²) in [6.07, 6.45) is 0. The van der Waals surface area contributed by atoms with Crippen LogP contribution in [0.15, 0.2) is 12.1 Å². The first-order valence-corrected chi connectivity index (χ1v) is 6.80. The van der Waals surface area contributed by atoms with Crippen molar-refractivity contribution in [2.24, 2.45) is 0 Å². The third-order valence-corrected chi connectivity index (χ3v) is 3.38. The highest BCUT2D eigenvalue weighted by molar-refractivity contribution is 5.74. The van der Waals surface area contributed by atoms with Gasteiger partial charge in [-0.05, 0) is 37.5 Å². The van der Waals surface area contributed by atoms with Gasteiger partial charge in [0, 0.05) is 6.54 Å². The number of aryl methyl sites for hydroxylation is 3. The second kappa shape index (κ2) is 7.78. The lowest BCUT2D eigenvalue weighted by molar-refractivity contribution is -0.145. The summed E-state index contributed by atoms with van der Waals surface area (Å²) in [6.45, 7) is 6.72. The first-order chi connectivity index (χ1) is 9.87. The van der Waals surface area contributed by atoms with Crippen LogP contribution in [0.3, 0.4) is 0 Å². The average Bonchev–Trinajstić information content (AvgIpc) is 2.42. The van der Waals surface area contributed by atoms with Crippen LogP contribution < -0.4 is 0 Å². The topological polar surface area (TPSA) is 55.8 Å². The van der Waals surface area contributed by atoms with Crippen LogP contribution in [0.25, 0.3) is 0 Å². The maximum atomic E-state index is 11.5. The molecule has 0 aliphatic carbocycles. The van der Waals surface area contributed by atoms with Crippen LogP contribution in [-0.4, -0.2) is 44.1 Å². The van der Waals surface area contributed by atoms with Gasteiger partial charge in [-0.3, -0.25) is 14.5 Å². The fourth-order valence-electron chi connectivity index (χ4n) is 2.34. The summed E-state index contributed by atoms with van der Waals surface area (Å²) in [5.74, 6) is -0.748. The van der Waals surface area contributed by atoms with Crippen molar-refractivity contribution >= 4 is 11.9 Å². The summed E-state index contributed by atoms with van der Waals surface area (Å²) < 4.78 is 9.36. The van der Waals surface area contributed by atoms with Crippen molar-refractivity contribution in [1.29, 1.82) is 0 Å². The Morgan fingerprint density at radius 3 is 1.76 bits per heavy atom. The number of benzene rings is 1. The fourth-order valence-corrected chi connectivity index (χ4v) is 2.34. The molecule has 1 aromatic rings. The molecule has 0 N–H and O–H groups in total. The van der Waals surface area contributed by atoms with Gasteiger partial charge in [0.15, 0.2) is 0 Å². The number of carbonyl (C=O) groups is 2. The Kier molecular flexibility index (Phi) is 6.37. The maximum absolute atomic E-state index is 11.5. The van der Waals surface area contributed by atoms with Crippen LogP contribution in [0.5, 0.6) is 0 Å². The van der Waals surface area contributed by atoms with Gasteiger partial charge in [0.2, 0.25) is 0 Å². The highest BCUT2D eigenvalue weighted by Gasteiger charge is 2.17. The standard InChI is InChI=1S/C16H23NO4/c1-11-6-12(2)14(13(3)7-11)8-17(9-15(18)20-4)10-16(19)21-5/h6-7H,8-10H2,1-5H3. The van der Waals surface area contributed by atoms with Crippen LogP contribution in [-0.2, 0) is 25.6 Å². The molecule has 1 aromatic carbocycles. The number of rotatable bonds is 6. The van der Waals surface area contributed by atoms with Gasteiger partial charge in [-0.25, -0.2) is 0 Å². The molecule has 0 amide bonds. The Morgan fingerprint density at radius 1 is 0.952 bits per heavy atom. The van der Waals surface area contributed by atoms with E-state index in [2.05, 4.69) is 21.6 Å². The molecular formula is C16H23NO4. The number of ether oxygens (including phenoxy) is 2. The molecule has 0 unspecified atom stereocenters. The van der Waals surface area contributed by atoms with Crippen molar-refractivity contribution in [2.75, 3.05) is 27.3 Å². The van der Waals surface area contributed by atoms with Crippen LogP contribution in [0, 0.1) is 20.8 Å². The van der Waals surface area contributed by atoms with Crippen molar-refractivity contribution in [3.8, 4) is 0 Å². The molecular weight excluding hydrogens is 270 g/mol. The molecule has 0 aromatic heterocycles. The minimum atomic E-state index is -0.374. The number of nitrogens with zero attached hydrogens (tertiary/aromatic N) is 1. The minimum absolute atomic E-state index is 0.0539. The van der Waals surface area contributed by atoms with E-state index < -0.39 is 0 Å². The predicted molar refractivity (Wildman–Crippen MR) is 80.0 cm³/mol. The van der Waals surface area contributed by atoms with Gasteiger partial charge in [0.25, 0.3) is 0 Å². The summed E-state index contributed by atoms with van der Waals surface area (Å²) in [4.78, 5) is 24.7. The summed E-state index contributed by atoms with van der Waals surface area (Å²) in [7, 11) is 2.67. The SMILES string of the molecule is COC(=O)CN(CC(=O)OC)Cc1c(C)cc(C)cc1C. The third-order valence-electron chi connectivity index (χ3n) is 3.38. The van der Waals surface area contributed by atoms with Crippen LogP contribution >= 0.6 is 0 Å². The first kappa shape index (κ1) is 17.2. The Balaban J connectivity index is 2.94. The summed E-state index contributed by atoms with van der Waals surface area (Å²) >= 11 is 0. The molecule has 0 atom stereocenters. The van der Waals surface area contributed by atoms with Crippen molar-refractivity contribution < 1.29 is 19.1 Å². The molecule has 0 saturated carbocycles. The summed E-state index contributed by atoms with van der Waals surface area (Å²) in [5, 5.41) is 0. The van der Waals surface area contributed by atoms with Crippen molar-refractivity contribution in [2.45, 2.75) is 27.3 Å². The van der Waals surface area contributed by atoms with Gasteiger partial charge in [0.1, 0.15) is 0 Å². The molecule has 21 heavy (non-hydrogen) atoms. The van der Waals surface area contributed by atoms with Crippen LogP contribution in [0.4, 0.5) is 0 Å². The van der Waals surface area contributed by atoms with E-state index in [0.29, 0.717) is 6.54 Å². The highest BCUT2D eigenvalue weighted by atomic mass is 16.5. The van der Waals surface area contributed by atoms with Crippen molar-refractivity contribution in [3.05, 3.63) is 34.4 Å². The lowest BCUT2D eigenvalue weighted by Gasteiger charge is -2.22. The Morgan fingerprint density at radius 2 is 1.38 bits per heavy atom. The van der Waals surface area contributed by atoms with Gasteiger partial charge in [-0.2, -0.15) is 0 Å². The monoisotopic (exact) mass is 293 g/mol. The van der Waals surface area contributed by atoms with Gasteiger partial charge >= 0.3 is 11.9 Å². The zero-order chi connectivity index (χ0) is 16.0. The molecule has 0 aliphatic heterocycles. The Hall–Kier alpha value is -1.88. The number of carbonyl (C=O) groups excluding carboxylic acids is 2. The molecule has 0 fully saturated rings. The molecule has 0 spiro atoms. The molecule has 0 aliphatic rings. The van der Waals surface area contributed by atoms with E-state index in [9.17, 15) is 9.59 Å². The number of hydrogen-bond acceptors (Lipinski definition) is 5. The summed E-state index contributed by atoms with van der Waals surface area (Å²) in [5.41, 5.74) is 4.61. The Labute approximate surface area is 125 Å². The van der Waals surface area contributed by atoms with E-state index in [0.717, 1.165) is 16.7 Å².